The lowest BCUT2D eigenvalue weighted by atomic mass is 9.67. The van der Waals surface area contributed by atoms with E-state index in [1.165, 1.54) is 20.3 Å². The number of nitrogens with zero attached hydrogens (tertiary/aromatic N) is 2. The molecule has 0 saturated carbocycles. The quantitative estimate of drug-likeness (QED) is 0.0640. The Kier molecular flexibility index (Phi) is 17.0. The summed E-state index contributed by atoms with van der Waals surface area (Å²) in [5.74, 6) is -7.37. The lowest BCUT2D eigenvalue weighted by Crippen LogP contribution is -2.61. The van der Waals surface area contributed by atoms with Crippen molar-refractivity contribution in [1.29, 1.82) is 0 Å². The minimum atomic E-state index is -1.53. The molecule has 4 rings (SSSR count). The maximum absolute atomic E-state index is 14.9. The molecule has 0 aromatic rings. The minimum absolute atomic E-state index is 0.0250. The number of fused-ring (bicyclic) bond motifs is 1. The molecule has 0 aliphatic carbocycles. The van der Waals surface area contributed by atoms with Crippen molar-refractivity contribution >= 4 is 23.6 Å². The van der Waals surface area contributed by atoms with Crippen LogP contribution in [0.25, 0.3) is 0 Å². The van der Waals surface area contributed by atoms with Crippen molar-refractivity contribution in [3.63, 3.8) is 0 Å². The zero-order valence-corrected chi connectivity index (χ0v) is 38.8. The minimum Gasteiger partial charge on any atom is -0.458 e. The molecule has 19 atom stereocenters. The number of oxime groups is 1. The van der Waals surface area contributed by atoms with Crippen LogP contribution in [-0.2, 0) is 57.1 Å². The van der Waals surface area contributed by atoms with Crippen LogP contribution in [0.1, 0.15) is 94.9 Å². The summed E-state index contributed by atoms with van der Waals surface area (Å²) < 4.78 is 51.0. The second kappa shape index (κ2) is 20.4. The number of cyclic esters (lactones) is 1. The van der Waals surface area contributed by atoms with E-state index in [2.05, 4.69) is 11.7 Å². The highest BCUT2D eigenvalue weighted by molar-refractivity contribution is 6.02. The second-order valence-corrected chi connectivity index (χ2v) is 18.7. The zero-order chi connectivity index (χ0) is 45.9. The molecule has 0 spiro atoms. The van der Waals surface area contributed by atoms with Crippen LogP contribution in [0.3, 0.4) is 0 Å². The molecule has 0 radical (unpaired) electrons. The number of esters is 2. The largest absolute Gasteiger partial charge is 0.458 e. The molecule has 11 unspecified atom stereocenters. The number of ketones is 1. The van der Waals surface area contributed by atoms with E-state index in [1.807, 2.05) is 39.8 Å². The number of ether oxygens (including phenoxy) is 8. The summed E-state index contributed by atoms with van der Waals surface area (Å²) in [4.78, 5) is 50.7. The molecule has 4 heterocycles. The van der Waals surface area contributed by atoms with Crippen molar-refractivity contribution in [2.24, 2.45) is 46.4 Å². The first-order valence-corrected chi connectivity index (χ1v) is 21.7. The van der Waals surface area contributed by atoms with Gasteiger partial charge in [-0.25, -0.2) is 0 Å². The topological polar surface area (TPSA) is 216 Å². The van der Waals surface area contributed by atoms with Crippen molar-refractivity contribution in [1.82, 2.24) is 4.90 Å². The fraction of sp³-hybridized carbons (Fsp3) is 0.864. The number of likely N-dealkylation sites (N-methyl/N-ethyl adjacent to an activating group) is 1. The number of hydrogen-bond donors (Lipinski definition) is 3. The molecule has 4 fully saturated rings. The van der Waals surface area contributed by atoms with Gasteiger partial charge in [0.05, 0.1) is 41.5 Å². The van der Waals surface area contributed by atoms with Crippen LogP contribution in [0.4, 0.5) is 0 Å². The molecule has 4 aliphatic heterocycles. The van der Waals surface area contributed by atoms with Gasteiger partial charge in [0.2, 0.25) is 0 Å². The van der Waals surface area contributed by atoms with Gasteiger partial charge in [0.1, 0.15) is 36.6 Å². The van der Waals surface area contributed by atoms with Crippen LogP contribution >= 0.6 is 0 Å². The molecule has 17 nitrogen and oxygen atoms in total. The van der Waals surface area contributed by atoms with Gasteiger partial charge >= 0.3 is 11.9 Å². The van der Waals surface area contributed by atoms with Crippen molar-refractivity contribution in [2.45, 2.75) is 173 Å². The Bertz CT molecular complexity index is 1570. The van der Waals surface area contributed by atoms with Crippen LogP contribution in [0.2, 0.25) is 0 Å². The number of carbonyl (C=O) groups is 3. The van der Waals surface area contributed by atoms with Crippen LogP contribution in [-0.4, -0.2) is 152 Å². The van der Waals surface area contributed by atoms with Gasteiger partial charge in [0.15, 0.2) is 24.0 Å². The van der Waals surface area contributed by atoms with Gasteiger partial charge in [-0.15, -0.1) is 0 Å². The van der Waals surface area contributed by atoms with Gasteiger partial charge in [-0.1, -0.05) is 45.5 Å². The third kappa shape index (κ3) is 10.5. The Morgan fingerprint density at radius 1 is 0.951 bits per heavy atom. The van der Waals surface area contributed by atoms with Crippen LogP contribution in [0.15, 0.2) is 17.8 Å². The lowest BCUT2D eigenvalue weighted by Gasteiger charge is -2.50. The van der Waals surface area contributed by atoms with E-state index in [0.29, 0.717) is 6.42 Å². The first-order valence-electron chi connectivity index (χ1n) is 21.7. The molecule has 61 heavy (non-hydrogen) atoms. The average Bonchev–Trinajstić information content (AvgIpc) is 3.49. The molecule has 17 heteroatoms. The van der Waals surface area contributed by atoms with E-state index in [4.69, 9.17) is 48.5 Å². The van der Waals surface area contributed by atoms with Gasteiger partial charge in [-0.2, -0.15) is 0 Å². The monoisotopic (exact) mass is 870 g/mol. The molecule has 350 valence electrons. The second-order valence-electron chi connectivity index (χ2n) is 18.7. The van der Waals surface area contributed by atoms with Crippen molar-refractivity contribution < 1.29 is 67.3 Å². The highest BCUT2D eigenvalue weighted by Crippen LogP contribution is 2.49. The van der Waals surface area contributed by atoms with Crippen LogP contribution < -0.4 is 5.73 Å². The van der Waals surface area contributed by atoms with E-state index >= 15 is 0 Å². The SMILES string of the molecule is C=CCO/N=C(\N)C1C(=O)O[C@@]2(C)C1C(C)C(=O)[C@H](C)C[C@@](C)(OC)[C@H](OC1OC(C)CC(N(C)C)C1O)[C@@H](C)[C@@H](OC1CC(C)(OC)C(O)C(C)O1)[C@@H](C)C(=O)O[C@H]2CC. The highest BCUT2D eigenvalue weighted by Gasteiger charge is 2.63. The Balaban J connectivity index is 1.92. The Labute approximate surface area is 362 Å². The summed E-state index contributed by atoms with van der Waals surface area (Å²) in [6.07, 6.45) is -5.81. The smallest absolute Gasteiger partial charge is 0.317 e. The molecule has 4 N–H and O–H groups in total. The maximum atomic E-state index is 14.9. The molecule has 0 aromatic heterocycles. The normalized spacial score (nSPS) is 45.7. The number of nitrogens with two attached hydrogens (primary N) is 1. The van der Waals surface area contributed by atoms with Crippen molar-refractivity contribution in [3.8, 4) is 0 Å². The molecular weight excluding hydrogens is 794 g/mol. The first kappa shape index (κ1) is 50.9. The third-order valence-corrected chi connectivity index (χ3v) is 14.0. The van der Waals surface area contributed by atoms with E-state index < -0.39 is 113 Å². The zero-order valence-electron chi connectivity index (χ0n) is 38.8. The van der Waals surface area contributed by atoms with Crippen LogP contribution in [0, 0.1) is 35.5 Å². The summed E-state index contributed by atoms with van der Waals surface area (Å²) in [6, 6.07) is -0.309. The standard InChI is InChI=1S/C44H75N3O14/c1-16-18-55-46-38(45)31-32-24(5)33(48)22(3)20-43(10,54-15)37(60-41-34(49)28(47(12)13)19-23(4)56-41)25(6)35(59-30-21-42(9,53-14)36(50)27(8)57-30)26(7)39(51)58-29(17-2)44(32,11)61-40(31)52/h16,22-32,34-37,41,49-50H,1,17-21H2,2-15H3,(H2,45,46)/t22-,23?,24?,25+,26-,27?,28?,29+,30?,31?,32?,34?,35-,36?,37-,41?,42?,43-,44-/m1/s1. The molecule has 4 saturated heterocycles. The third-order valence-electron chi connectivity index (χ3n) is 14.0. The fourth-order valence-corrected chi connectivity index (χ4v) is 10.3. The fourth-order valence-electron chi connectivity index (χ4n) is 10.3. The van der Waals surface area contributed by atoms with Crippen molar-refractivity contribution in [3.05, 3.63) is 12.7 Å². The number of hydrogen-bond acceptors (Lipinski definition) is 16. The molecule has 0 bridgehead atoms. The van der Waals surface area contributed by atoms with Gasteiger partial charge < -0.3 is 63.6 Å². The average molecular weight is 870 g/mol. The summed E-state index contributed by atoms with van der Waals surface area (Å²) in [6.45, 7) is 21.3. The Morgan fingerprint density at radius 3 is 2.16 bits per heavy atom. The molecule has 0 aromatic carbocycles. The van der Waals surface area contributed by atoms with Crippen LogP contribution in [0.5, 0.6) is 0 Å². The predicted octanol–water partition coefficient (Wildman–Crippen LogP) is 3.35. The summed E-state index contributed by atoms with van der Waals surface area (Å²) in [5.41, 5.74) is 2.57. The van der Waals surface area contributed by atoms with E-state index in [0.717, 1.165) is 0 Å². The number of aliphatic hydroxyl groups is 2. The van der Waals surface area contributed by atoms with Gasteiger partial charge in [-0.3, -0.25) is 14.4 Å². The Hall–Kier alpha value is -2.74. The number of methoxy groups -OCH3 is 2. The van der Waals surface area contributed by atoms with Crippen molar-refractivity contribution in [2.75, 3.05) is 34.9 Å². The number of carbonyl (C=O) groups excluding carboxylic acids is 3. The maximum Gasteiger partial charge on any atom is 0.317 e. The number of Topliss-reactive ketones (excluding diaryl/α,β-unsaturated/α-hetero) is 1. The summed E-state index contributed by atoms with van der Waals surface area (Å²) in [5, 5.41) is 26.8. The number of aliphatic hydroxyl groups excluding tert-OH is 2. The predicted molar refractivity (Wildman–Crippen MR) is 224 cm³/mol. The first-order chi connectivity index (χ1) is 28.4. The van der Waals surface area contributed by atoms with E-state index in [9.17, 15) is 24.6 Å². The highest BCUT2D eigenvalue weighted by atomic mass is 16.7. The lowest BCUT2D eigenvalue weighted by molar-refractivity contribution is -0.319. The van der Waals surface area contributed by atoms with Gasteiger partial charge in [-0.05, 0) is 74.9 Å². The summed E-state index contributed by atoms with van der Waals surface area (Å²) >= 11 is 0. The molecule has 0 amide bonds. The Morgan fingerprint density at radius 2 is 1.59 bits per heavy atom. The van der Waals surface area contributed by atoms with E-state index in [1.54, 1.807) is 48.5 Å². The molecular formula is C44H75N3O14. The molecule has 4 aliphatic rings. The van der Waals surface area contributed by atoms with Gasteiger partial charge in [0.25, 0.3) is 0 Å². The van der Waals surface area contributed by atoms with Gasteiger partial charge in [0, 0.05) is 50.4 Å². The number of amidine groups is 1. The van der Waals surface area contributed by atoms with E-state index in [-0.39, 0.29) is 49.6 Å². The number of rotatable bonds is 12. The summed E-state index contributed by atoms with van der Waals surface area (Å²) in [7, 11) is 6.78.